The number of rotatable bonds is 2. The molecule has 0 spiro atoms. The standard InChI is InChI=1S/C11H10.2C3H2O2.Ti/c1-2-6-10(5-1)9-11-7-3-4-8-11;2*1-2-3(4)5;/h1,3,5,7H,2,4,9H2;2*1H,(H,4,5);/q;;;+2/p-2. The molecule has 3 rings (SSSR count). The molecule has 0 N–H and O–H groups in total. The van der Waals surface area contributed by atoms with Crippen molar-refractivity contribution in [2.24, 2.45) is 0 Å². The molecule has 108 valence electrons. The Labute approximate surface area is 132 Å². The molecule has 22 heavy (non-hydrogen) atoms. The second kappa shape index (κ2) is 5.50. The van der Waals surface area contributed by atoms with Crippen LogP contribution in [-0.2, 0) is 33.6 Å². The Morgan fingerprint density at radius 3 is 1.82 bits per heavy atom. The van der Waals surface area contributed by atoms with Crippen molar-refractivity contribution in [2.75, 3.05) is 0 Å². The zero-order chi connectivity index (χ0) is 15.7. The molecule has 0 amide bonds. The van der Waals surface area contributed by atoms with Gasteiger partial charge in [-0.15, -0.1) is 0 Å². The molecule has 4 nitrogen and oxygen atoms in total. The predicted molar refractivity (Wildman–Crippen MR) is 76.0 cm³/mol. The topological polar surface area (TPSA) is 52.6 Å². The third kappa shape index (κ3) is 2.18. The van der Waals surface area contributed by atoms with Gasteiger partial charge in [0.2, 0.25) is 0 Å². The van der Waals surface area contributed by atoms with Gasteiger partial charge in [-0.25, -0.2) is 0 Å². The second-order valence-electron chi connectivity index (χ2n) is 5.08. The van der Waals surface area contributed by atoms with Gasteiger partial charge in [0.25, 0.3) is 0 Å². The molecule has 0 atom stereocenters. The Morgan fingerprint density at radius 2 is 1.41 bits per heavy atom. The van der Waals surface area contributed by atoms with Crippen LogP contribution in [0.2, 0.25) is 0 Å². The molecule has 0 aromatic heterocycles. The van der Waals surface area contributed by atoms with Gasteiger partial charge in [0.15, 0.2) is 0 Å². The fraction of sp³-hybridized carbons (Fsp3) is 0.176. The summed E-state index contributed by atoms with van der Waals surface area (Å²) in [7, 11) is 0. The quantitative estimate of drug-likeness (QED) is 0.576. The van der Waals surface area contributed by atoms with Gasteiger partial charge in [0.1, 0.15) is 0 Å². The molecular formula is C17H12O4Ti. The van der Waals surface area contributed by atoms with Crippen LogP contribution in [0.25, 0.3) is 0 Å². The Kier molecular flexibility index (Phi) is 3.66. The van der Waals surface area contributed by atoms with E-state index in [0.717, 1.165) is 25.3 Å². The molecule has 0 aromatic carbocycles. The summed E-state index contributed by atoms with van der Waals surface area (Å²) >= 11 is -4.10. The fourth-order valence-electron chi connectivity index (χ4n) is 3.10. The van der Waals surface area contributed by atoms with Crippen LogP contribution >= 0.6 is 0 Å². The van der Waals surface area contributed by atoms with E-state index in [0.29, 0.717) is 12.8 Å². The Morgan fingerprint density at radius 1 is 0.955 bits per heavy atom. The van der Waals surface area contributed by atoms with Gasteiger partial charge < -0.3 is 0 Å². The maximum absolute atomic E-state index is 11.8. The summed E-state index contributed by atoms with van der Waals surface area (Å²) in [6.07, 6.45) is 20.2. The molecule has 0 saturated heterocycles. The van der Waals surface area contributed by atoms with E-state index in [1.807, 2.05) is 36.1 Å². The summed E-state index contributed by atoms with van der Waals surface area (Å²) in [6.45, 7) is 0. The van der Waals surface area contributed by atoms with Crippen LogP contribution in [0, 0.1) is 24.7 Å². The first-order valence-electron chi connectivity index (χ1n) is 6.78. The minimum atomic E-state index is -4.10. The number of carbonyl (C=O) groups excluding carboxylic acids is 2. The molecule has 0 bridgehead atoms. The minimum absolute atomic E-state index is 0.599. The molecule has 1 heterocycles. The average Bonchev–Trinajstić information content (AvgIpc) is 3.16. The van der Waals surface area contributed by atoms with Crippen molar-refractivity contribution in [2.45, 2.75) is 19.3 Å². The zero-order valence-corrected chi connectivity index (χ0v) is 13.3. The molecule has 1 aliphatic heterocycles. The van der Waals surface area contributed by atoms with E-state index in [9.17, 15) is 9.59 Å². The van der Waals surface area contributed by atoms with Crippen molar-refractivity contribution in [1.82, 2.24) is 0 Å². The summed E-state index contributed by atoms with van der Waals surface area (Å²) in [4.78, 5) is 23.6. The SMILES string of the molecule is C#CC(=O)[O][Ti]1([O]C(=O)C#C)[C]2=C(C=CC2)CC2=[C]1CC=C2. The van der Waals surface area contributed by atoms with Crippen molar-refractivity contribution < 1.29 is 33.6 Å². The van der Waals surface area contributed by atoms with E-state index < -0.39 is 29.3 Å². The number of carbonyl (C=O) groups is 2. The van der Waals surface area contributed by atoms with Crippen LogP contribution in [0.3, 0.4) is 0 Å². The molecule has 5 heteroatoms. The van der Waals surface area contributed by atoms with Crippen LogP contribution in [0.5, 0.6) is 0 Å². The van der Waals surface area contributed by atoms with Crippen LogP contribution in [-0.4, -0.2) is 11.9 Å². The average molecular weight is 328 g/mol. The normalized spacial score (nSPS) is 20.1. The van der Waals surface area contributed by atoms with E-state index in [1.54, 1.807) is 0 Å². The molecule has 0 fully saturated rings. The Bertz CT molecular complexity index is 714. The summed E-state index contributed by atoms with van der Waals surface area (Å²) < 4.78 is 13.0. The second-order valence-corrected chi connectivity index (χ2v) is 9.53. The molecule has 0 saturated carbocycles. The summed E-state index contributed by atoms with van der Waals surface area (Å²) in [5.41, 5.74) is 2.08. The monoisotopic (exact) mass is 328 g/mol. The van der Waals surface area contributed by atoms with Gasteiger partial charge >= 0.3 is 133 Å². The molecule has 0 radical (unpaired) electrons. The third-order valence-corrected chi connectivity index (χ3v) is 9.54. The molecule has 2 aliphatic carbocycles. The molecule has 3 aliphatic rings. The van der Waals surface area contributed by atoms with Crippen molar-refractivity contribution in [3.8, 4) is 24.7 Å². The van der Waals surface area contributed by atoms with Gasteiger partial charge in [0, 0.05) is 0 Å². The number of allylic oxidation sites excluding steroid dienone is 8. The van der Waals surface area contributed by atoms with Crippen molar-refractivity contribution in [1.29, 1.82) is 0 Å². The molecular weight excluding hydrogens is 316 g/mol. The van der Waals surface area contributed by atoms with Crippen molar-refractivity contribution in [3.63, 3.8) is 0 Å². The van der Waals surface area contributed by atoms with Crippen LogP contribution in [0.4, 0.5) is 0 Å². The van der Waals surface area contributed by atoms with Gasteiger partial charge in [-0.3, -0.25) is 0 Å². The maximum atomic E-state index is 11.8. The summed E-state index contributed by atoms with van der Waals surface area (Å²) in [5, 5.41) is 0. The molecule has 0 unspecified atom stereocenters. The van der Waals surface area contributed by atoms with Crippen LogP contribution in [0.15, 0.2) is 43.2 Å². The van der Waals surface area contributed by atoms with Gasteiger partial charge in [-0.05, 0) is 0 Å². The van der Waals surface area contributed by atoms with E-state index in [2.05, 4.69) is 0 Å². The first kappa shape index (κ1) is 14.7. The van der Waals surface area contributed by atoms with Crippen molar-refractivity contribution in [3.05, 3.63) is 43.2 Å². The zero-order valence-electron chi connectivity index (χ0n) is 11.7. The van der Waals surface area contributed by atoms with Gasteiger partial charge in [-0.2, -0.15) is 0 Å². The van der Waals surface area contributed by atoms with E-state index in [1.165, 1.54) is 0 Å². The van der Waals surface area contributed by atoms with E-state index in [4.69, 9.17) is 19.5 Å². The van der Waals surface area contributed by atoms with Crippen molar-refractivity contribution >= 4 is 11.9 Å². The Balaban J connectivity index is 2.14. The number of hydrogen-bond donors (Lipinski definition) is 0. The first-order chi connectivity index (χ1) is 10.6. The number of terminal acetylenes is 2. The van der Waals surface area contributed by atoms with E-state index in [-0.39, 0.29) is 0 Å². The predicted octanol–water partition coefficient (Wildman–Crippen LogP) is 2.15. The van der Waals surface area contributed by atoms with Crippen LogP contribution < -0.4 is 0 Å². The number of hydrogen-bond acceptors (Lipinski definition) is 4. The first-order valence-corrected chi connectivity index (χ1v) is 9.61. The van der Waals surface area contributed by atoms with Gasteiger partial charge in [0.05, 0.1) is 0 Å². The third-order valence-electron chi connectivity index (χ3n) is 3.94. The van der Waals surface area contributed by atoms with E-state index >= 15 is 0 Å². The fourth-order valence-corrected chi connectivity index (χ4v) is 8.57. The summed E-state index contributed by atoms with van der Waals surface area (Å²) in [5.74, 6) is 2.26. The Hall–Kier alpha value is -2.27. The van der Waals surface area contributed by atoms with Gasteiger partial charge in [-0.1, -0.05) is 0 Å². The summed E-state index contributed by atoms with van der Waals surface area (Å²) in [6, 6.07) is 0. The van der Waals surface area contributed by atoms with Crippen LogP contribution in [0.1, 0.15) is 19.3 Å². The molecule has 0 aromatic rings.